The van der Waals surface area contributed by atoms with Gasteiger partial charge in [0.05, 0.1) is 17.1 Å². The molecule has 17 heteroatoms. The molecule has 3 saturated carbocycles. The first-order valence-corrected chi connectivity index (χ1v) is 33.0. The number of hydrogen-bond acceptors (Lipinski definition) is 14. The van der Waals surface area contributed by atoms with Crippen LogP contribution in [0.4, 0.5) is 17.1 Å². The average Bonchev–Trinajstić information content (AvgIpc) is 2.04. The predicted octanol–water partition coefficient (Wildman–Crippen LogP) is 9.74. The molecule has 6 heterocycles. The Morgan fingerprint density at radius 2 is 0.967 bits per heavy atom. The Balaban J connectivity index is 0.776. The van der Waals surface area contributed by atoms with Gasteiger partial charge in [-0.05, 0) is 209 Å². The Hall–Kier alpha value is -8.38. The third-order valence-corrected chi connectivity index (χ3v) is 21.6. The molecule has 0 radical (unpaired) electrons. The maximum Gasteiger partial charge on any atom is 0.369 e. The number of carbonyl (C=O) groups excluding carboxylic acids is 3. The number of H-pyrrole nitrogens is 2. The maximum absolute atomic E-state index is 15.1. The van der Waals surface area contributed by atoms with E-state index in [0.29, 0.717) is 100 Å². The summed E-state index contributed by atoms with van der Waals surface area (Å²) in [6, 6.07) is 40.4. The quantitative estimate of drug-likeness (QED) is 0.0545. The van der Waals surface area contributed by atoms with Crippen LogP contribution in [0.2, 0.25) is 0 Å². The molecule has 3 saturated heterocycles. The van der Waals surface area contributed by atoms with Crippen LogP contribution in [0.25, 0.3) is 33.8 Å². The number of nitrogens with one attached hydrogen (secondary N) is 3. The molecule has 7 aromatic rings. The summed E-state index contributed by atoms with van der Waals surface area (Å²) in [5.41, 5.74) is 5.61. The van der Waals surface area contributed by atoms with Crippen LogP contribution in [0.15, 0.2) is 136 Å². The highest BCUT2D eigenvalue weighted by molar-refractivity contribution is 6.03. The lowest BCUT2D eigenvalue weighted by molar-refractivity contribution is 0.0370. The summed E-state index contributed by atoms with van der Waals surface area (Å²) in [7, 11) is 8.61. The van der Waals surface area contributed by atoms with Crippen molar-refractivity contribution in [3.8, 4) is 33.8 Å². The molecule has 0 bridgehead atoms. The van der Waals surface area contributed by atoms with Crippen molar-refractivity contribution in [2.24, 2.45) is 35.5 Å². The van der Waals surface area contributed by atoms with Crippen LogP contribution in [0, 0.1) is 35.5 Å². The minimum atomic E-state index is -1.35. The Morgan fingerprint density at radius 1 is 0.516 bits per heavy atom. The van der Waals surface area contributed by atoms with Crippen molar-refractivity contribution in [2.75, 3.05) is 82.2 Å². The molecule has 0 spiro atoms. The molecule has 6 aliphatic rings. The molecule has 3 aromatic heterocycles. The number of ether oxygens (including phenoxy) is 1. The minimum absolute atomic E-state index is 0.178. The number of aromatic amines is 2. The highest BCUT2D eigenvalue weighted by atomic mass is 16.7. The van der Waals surface area contributed by atoms with Crippen molar-refractivity contribution in [1.29, 1.82) is 0 Å². The van der Waals surface area contributed by atoms with Gasteiger partial charge >= 0.3 is 17.9 Å². The van der Waals surface area contributed by atoms with Gasteiger partial charge < -0.3 is 44.5 Å². The fraction of sp³-hybridized carbons (Fsp3) is 0.432. The van der Waals surface area contributed by atoms with E-state index in [1.54, 1.807) is 0 Å². The molecule has 3 aliphatic carbocycles. The van der Waals surface area contributed by atoms with Gasteiger partial charge in [-0.2, -0.15) is 0 Å². The van der Waals surface area contributed by atoms with Crippen LogP contribution in [0.1, 0.15) is 113 Å². The zero-order valence-electron chi connectivity index (χ0n) is 53.5. The summed E-state index contributed by atoms with van der Waals surface area (Å²) in [6.07, 6.45) is 8.28. The third-order valence-electron chi connectivity index (χ3n) is 21.6. The van der Waals surface area contributed by atoms with Crippen molar-refractivity contribution in [3.05, 3.63) is 191 Å². The number of rotatable bonds is 18. The summed E-state index contributed by atoms with van der Waals surface area (Å²) in [6.45, 7) is 12.3. The third kappa shape index (κ3) is 11.9. The summed E-state index contributed by atoms with van der Waals surface area (Å²) in [5, 5.41) is 3.51. The summed E-state index contributed by atoms with van der Waals surface area (Å²) >= 11 is 0. The molecule has 474 valence electrons. The second kappa shape index (κ2) is 25.7. The highest BCUT2D eigenvalue weighted by Crippen LogP contribution is 2.45. The van der Waals surface area contributed by atoms with Crippen LogP contribution in [0.3, 0.4) is 0 Å². The van der Waals surface area contributed by atoms with Crippen LogP contribution in [-0.4, -0.2) is 128 Å². The van der Waals surface area contributed by atoms with E-state index in [9.17, 15) is 24.0 Å². The standard InChI is InChI=1S/C74H85N9O8/c1-8-45-34-57(69(84)76-66(45)48-18-27-55(28-19-48)81-39-52-23-32-64(78(5)6)61(52)42-81)72(87)90-73(88)59-36-47(10-3)68(50-20-29-56(30-21-50)82-40-53-24-33-65(62(53)43-82)79(7)37-44-14-12-11-13-15-44)83(71(59)86)91-74(89)58-35-46(9-2)67(77-70(58)85)49-16-25-54(26-17-49)80-38-51-22-31-63(75-4)60(51)41-80/h11-21,25-30,34-36,51-53,60-65,75H,8-10,22-24,31-33,37-43H2,1-7H3,(H,76,84)(H,77,85)/t51-,52-,53-,60+,61+,62+,63-,64-,65-/m1/s1. The van der Waals surface area contributed by atoms with E-state index in [-0.39, 0.29) is 17.7 Å². The van der Waals surface area contributed by atoms with Gasteiger partial charge in [-0.15, -0.1) is 4.73 Å². The molecule has 4 aromatic carbocycles. The van der Waals surface area contributed by atoms with Crippen molar-refractivity contribution in [1.82, 2.24) is 29.8 Å². The van der Waals surface area contributed by atoms with E-state index < -0.39 is 45.7 Å². The smallest absolute Gasteiger partial charge is 0.369 e. The van der Waals surface area contributed by atoms with Crippen LogP contribution in [-0.2, 0) is 30.5 Å². The lowest BCUT2D eigenvalue weighted by Crippen LogP contribution is -2.38. The Kier molecular flexibility index (Phi) is 17.4. The number of aryl methyl sites for hydroxylation is 3. The first-order chi connectivity index (χ1) is 44.1. The van der Waals surface area contributed by atoms with Gasteiger partial charge in [0, 0.05) is 86.6 Å². The van der Waals surface area contributed by atoms with Gasteiger partial charge in [0.1, 0.15) is 16.7 Å². The first-order valence-electron chi connectivity index (χ1n) is 33.0. The molecular formula is C74H85N9O8. The van der Waals surface area contributed by atoms with Crippen molar-refractivity contribution in [3.63, 3.8) is 0 Å². The zero-order valence-corrected chi connectivity index (χ0v) is 53.5. The Labute approximate surface area is 532 Å². The summed E-state index contributed by atoms with van der Waals surface area (Å²) < 4.78 is 6.18. The second-order valence-electron chi connectivity index (χ2n) is 26.7. The largest absolute Gasteiger partial charge is 0.385 e. The molecular weight excluding hydrogens is 1140 g/mol. The van der Waals surface area contributed by atoms with E-state index in [4.69, 9.17) is 9.57 Å². The monoisotopic (exact) mass is 1230 g/mol. The number of pyridine rings is 3. The average molecular weight is 1230 g/mol. The second-order valence-corrected chi connectivity index (χ2v) is 26.7. The molecule has 13 rings (SSSR count). The number of aromatic nitrogens is 3. The lowest BCUT2D eigenvalue weighted by Gasteiger charge is -2.30. The van der Waals surface area contributed by atoms with Crippen molar-refractivity contribution >= 4 is 35.0 Å². The molecule has 3 N–H and O–H groups in total. The van der Waals surface area contributed by atoms with E-state index in [2.05, 4.69) is 109 Å². The van der Waals surface area contributed by atoms with Crippen LogP contribution < -0.4 is 41.5 Å². The van der Waals surface area contributed by atoms with Crippen LogP contribution >= 0.6 is 0 Å². The molecule has 17 nitrogen and oxygen atoms in total. The zero-order chi connectivity index (χ0) is 63.4. The lowest BCUT2D eigenvalue weighted by atomic mass is 9.97. The van der Waals surface area contributed by atoms with Gasteiger partial charge in [0.2, 0.25) is 0 Å². The fourth-order valence-corrected chi connectivity index (χ4v) is 16.7. The van der Waals surface area contributed by atoms with E-state index >= 15 is 4.79 Å². The first kappa shape index (κ1) is 61.5. The van der Waals surface area contributed by atoms with Gasteiger partial charge in [-0.1, -0.05) is 87.5 Å². The SMILES string of the molecule is CCc1cc(C(=O)OC(=O)c2cc(CC)c(-c3ccc(N4C[C@H]5CC[C@@H](N(C)Cc6ccccc6)[C@H]5C4)cc3)n(OC(=O)c3cc(CC)c(-c4ccc(N5C[C@H]6CC[C@@H](NC)[C@H]6C5)cc4)[nH]c3=O)c2=O)c(=O)[nH]c1-c1ccc(N2C[C@H]3CC[C@@H](N(C)C)[C@H]3C2)cc1. The Bertz CT molecular complexity index is 4050. The van der Waals surface area contributed by atoms with E-state index in [1.807, 2.05) is 82.4 Å². The normalized spacial score (nSPS) is 23.3. The van der Waals surface area contributed by atoms with Crippen molar-refractivity contribution in [2.45, 2.75) is 103 Å². The highest BCUT2D eigenvalue weighted by Gasteiger charge is 2.46. The predicted molar refractivity (Wildman–Crippen MR) is 357 cm³/mol. The number of esters is 2. The fourth-order valence-electron chi connectivity index (χ4n) is 16.7. The molecule has 91 heavy (non-hydrogen) atoms. The van der Waals surface area contributed by atoms with Gasteiger partial charge in [0.15, 0.2) is 0 Å². The molecule has 6 fully saturated rings. The molecule has 9 atom stereocenters. The van der Waals surface area contributed by atoms with Gasteiger partial charge in [0.25, 0.3) is 16.7 Å². The maximum atomic E-state index is 15.1. The van der Waals surface area contributed by atoms with Crippen molar-refractivity contribution < 1.29 is 24.0 Å². The number of nitrogens with zero attached hydrogens (tertiary/aromatic N) is 6. The number of fused-ring (bicyclic) bond motifs is 3. The van der Waals surface area contributed by atoms with E-state index in [1.165, 1.54) is 49.4 Å². The number of carbonyl (C=O) groups is 3. The summed E-state index contributed by atoms with van der Waals surface area (Å²) in [5.74, 6) is -0.157. The molecule has 0 amide bonds. The minimum Gasteiger partial charge on any atom is -0.385 e. The molecule has 3 aliphatic heterocycles. The van der Waals surface area contributed by atoms with Crippen LogP contribution in [0.5, 0.6) is 0 Å². The van der Waals surface area contributed by atoms with E-state index in [0.717, 1.165) is 91.6 Å². The molecule has 0 unspecified atom stereocenters. The van der Waals surface area contributed by atoms with Gasteiger partial charge in [-0.25, -0.2) is 14.4 Å². The number of hydrogen-bond donors (Lipinski definition) is 3. The number of benzene rings is 4. The number of anilines is 3. The summed E-state index contributed by atoms with van der Waals surface area (Å²) in [4.78, 5) is 110. The topological polar surface area (TPSA) is 186 Å². The van der Waals surface area contributed by atoms with Gasteiger partial charge in [-0.3, -0.25) is 19.3 Å². The Morgan fingerprint density at radius 3 is 1.48 bits per heavy atom.